The normalized spacial score (nSPS) is 14.1. The Morgan fingerprint density at radius 2 is 1.16 bits per heavy atom. The molecule has 2 fully saturated rings. The molecule has 0 radical (unpaired) electrons. The molecule has 0 bridgehead atoms. The van der Waals surface area contributed by atoms with Gasteiger partial charge in [0, 0.05) is 86.1 Å². The van der Waals surface area contributed by atoms with Gasteiger partial charge in [-0.15, -0.1) is 0 Å². The van der Waals surface area contributed by atoms with Gasteiger partial charge >= 0.3 is 0 Å². The lowest BCUT2D eigenvalue weighted by Crippen LogP contribution is -2.38. The molecule has 0 amide bonds. The van der Waals surface area contributed by atoms with Gasteiger partial charge in [0.15, 0.2) is 5.82 Å². The molecule has 2 aromatic carbocycles. The van der Waals surface area contributed by atoms with Crippen LogP contribution < -0.4 is 24.6 Å². The Bertz CT molecular complexity index is 2790. The van der Waals surface area contributed by atoms with Crippen LogP contribution in [0, 0.1) is 37.1 Å². The molecule has 2 saturated heterocycles. The number of nitrogens with zero attached hydrogens (tertiary/aromatic N) is 7. The van der Waals surface area contributed by atoms with E-state index in [9.17, 15) is 13.2 Å². The molecule has 12 nitrogen and oxygen atoms in total. The van der Waals surface area contributed by atoms with Gasteiger partial charge in [-0.25, -0.2) is 42.5 Å². The Balaban J connectivity index is 0.000000206. The maximum absolute atomic E-state index is 15.5. The first kappa shape index (κ1) is 44.3. The van der Waals surface area contributed by atoms with E-state index >= 15 is 4.39 Å². The minimum atomic E-state index is -0.725. The summed E-state index contributed by atoms with van der Waals surface area (Å²) in [6.45, 7) is 13.7. The highest BCUT2D eigenvalue weighted by atomic mass is 35.5. The first-order valence-electron chi connectivity index (χ1n) is 20.9. The zero-order valence-electron chi connectivity index (χ0n) is 35.7. The van der Waals surface area contributed by atoms with Crippen LogP contribution in [0.4, 0.5) is 40.4 Å². The number of fused-ring (bicyclic) bond motifs is 2. The maximum Gasteiger partial charge on any atom is 0.213 e. The SMILES string of the molecule is CCOc1ccc(-c2nc3cc(F)cc(F)c3c(Cl)c2C)cn1.CCOc1ccc(-c2nc3cc(F)cc(F)c3c(Nc3cc(N4CCOCC4)cnc3N3CCOCC3)c2C)cn1. The number of anilines is 4. The molecule has 2 aliphatic heterocycles. The average molecular weight is 897 g/mol. The van der Waals surface area contributed by atoms with Gasteiger partial charge in [-0.3, -0.25) is 0 Å². The molecule has 17 heteroatoms. The fraction of sp³-hybridized carbons (Fsp3) is 0.298. The second-order valence-electron chi connectivity index (χ2n) is 14.9. The summed E-state index contributed by atoms with van der Waals surface area (Å²) in [5.74, 6) is -1.08. The fourth-order valence-corrected chi connectivity index (χ4v) is 7.96. The minimum Gasteiger partial charge on any atom is -0.478 e. The van der Waals surface area contributed by atoms with E-state index in [2.05, 4.69) is 35.1 Å². The zero-order valence-corrected chi connectivity index (χ0v) is 36.4. The van der Waals surface area contributed by atoms with Crippen LogP contribution in [-0.4, -0.2) is 90.7 Å². The summed E-state index contributed by atoms with van der Waals surface area (Å²) < 4.78 is 79.2. The third-order valence-corrected chi connectivity index (χ3v) is 11.3. The van der Waals surface area contributed by atoms with E-state index in [4.69, 9.17) is 35.5 Å². The summed E-state index contributed by atoms with van der Waals surface area (Å²) in [4.78, 5) is 26.8. The monoisotopic (exact) mass is 896 g/mol. The van der Waals surface area contributed by atoms with E-state index in [0.29, 0.717) is 110 Å². The van der Waals surface area contributed by atoms with Crippen LogP contribution in [0.25, 0.3) is 44.3 Å². The molecular formula is C47H45ClF4N8O4. The third kappa shape index (κ3) is 9.44. The second-order valence-corrected chi connectivity index (χ2v) is 15.3. The van der Waals surface area contributed by atoms with E-state index in [0.717, 1.165) is 42.8 Å². The number of aromatic nitrogens is 5. The number of hydrogen-bond acceptors (Lipinski definition) is 12. The van der Waals surface area contributed by atoms with Crippen molar-refractivity contribution in [3.8, 4) is 34.3 Å². The molecule has 332 valence electrons. The van der Waals surface area contributed by atoms with Crippen molar-refractivity contribution in [1.29, 1.82) is 0 Å². The fourth-order valence-electron chi connectivity index (χ4n) is 7.69. The molecule has 1 N–H and O–H groups in total. The van der Waals surface area contributed by atoms with Crippen molar-refractivity contribution >= 4 is 56.3 Å². The lowest BCUT2D eigenvalue weighted by Gasteiger charge is -2.32. The highest BCUT2D eigenvalue weighted by molar-refractivity contribution is 6.36. The van der Waals surface area contributed by atoms with Crippen LogP contribution in [0.15, 0.2) is 73.2 Å². The molecule has 0 aliphatic carbocycles. The third-order valence-electron chi connectivity index (χ3n) is 10.8. The molecule has 2 aliphatic rings. The molecule has 5 aromatic heterocycles. The summed E-state index contributed by atoms with van der Waals surface area (Å²) in [5, 5.41) is 4.05. The second kappa shape index (κ2) is 19.6. The number of halogens is 5. The molecule has 0 atom stereocenters. The number of ether oxygens (including phenoxy) is 4. The van der Waals surface area contributed by atoms with Gasteiger partial charge < -0.3 is 34.1 Å². The molecule has 0 saturated carbocycles. The smallest absolute Gasteiger partial charge is 0.213 e. The minimum absolute atomic E-state index is 0.119. The molecule has 64 heavy (non-hydrogen) atoms. The zero-order chi connectivity index (χ0) is 44.9. The van der Waals surface area contributed by atoms with E-state index in [-0.39, 0.29) is 26.8 Å². The highest BCUT2D eigenvalue weighted by Gasteiger charge is 2.24. The lowest BCUT2D eigenvalue weighted by atomic mass is 10.0. The van der Waals surface area contributed by atoms with E-state index in [1.807, 2.05) is 39.1 Å². The first-order chi connectivity index (χ1) is 31.0. The standard InChI is InChI=1S/C30H32F2N6O3.C17H13ClF2N2O/c1-3-41-26-5-4-20(17-33-26)28-19(2)29(27-23(32)14-21(31)15-24(27)35-28)36-25-16-22(37-6-10-39-11-7-37)18-34-30(25)38-8-12-40-13-9-38;1-3-23-14-5-4-10(8-21-14)17-9(2)16(18)15-12(20)6-11(19)7-13(15)22-17/h4-5,14-18H,3,6-13H2,1-2H3,(H,35,36);4-8H,3H2,1-2H3. The quantitative estimate of drug-likeness (QED) is 0.132. The highest BCUT2D eigenvalue weighted by Crippen LogP contribution is 2.40. The van der Waals surface area contributed by atoms with Crippen molar-refractivity contribution in [2.24, 2.45) is 0 Å². The van der Waals surface area contributed by atoms with Crippen LogP contribution in [0.5, 0.6) is 11.8 Å². The number of pyridine rings is 5. The Morgan fingerprint density at radius 3 is 1.69 bits per heavy atom. The summed E-state index contributed by atoms with van der Waals surface area (Å²) in [6.07, 6.45) is 5.12. The van der Waals surface area contributed by atoms with Gasteiger partial charge in [0.2, 0.25) is 11.8 Å². The molecule has 7 heterocycles. The Labute approximate surface area is 372 Å². The van der Waals surface area contributed by atoms with Crippen LogP contribution in [-0.2, 0) is 9.47 Å². The number of benzene rings is 2. The van der Waals surface area contributed by atoms with Gasteiger partial charge in [-0.05, 0) is 57.0 Å². The summed E-state index contributed by atoms with van der Waals surface area (Å²) in [7, 11) is 0. The summed E-state index contributed by atoms with van der Waals surface area (Å²) >= 11 is 6.27. The predicted molar refractivity (Wildman–Crippen MR) is 240 cm³/mol. The average Bonchev–Trinajstić information content (AvgIpc) is 3.29. The maximum atomic E-state index is 15.5. The van der Waals surface area contributed by atoms with E-state index in [1.54, 1.807) is 37.5 Å². The largest absolute Gasteiger partial charge is 0.478 e. The molecule has 0 unspecified atom stereocenters. The summed E-state index contributed by atoms with van der Waals surface area (Å²) in [5.41, 5.74) is 6.30. The molecule has 7 aromatic rings. The number of hydrogen-bond donors (Lipinski definition) is 1. The number of rotatable bonds is 10. The van der Waals surface area contributed by atoms with Crippen LogP contribution in [0.1, 0.15) is 25.0 Å². The van der Waals surface area contributed by atoms with Crippen molar-refractivity contribution in [3.63, 3.8) is 0 Å². The van der Waals surface area contributed by atoms with Crippen molar-refractivity contribution in [2.75, 3.05) is 80.9 Å². The van der Waals surface area contributed by atoms with Crippen molar-refractivity contribution < 1.29 is 36.5 Å². The molecule has 0 spiro atoms. The van der Waals surface area contributed by atoms with Crippen LogP contribution in [0.3, 0.4) is 0 Å². The van der Waals surface area contributed by atoms with E-state index < -0.39 is 23.3 Å². The Morgan fingerprint density at radius 1 is 0.641 bits per heavy atom. The first-order valence-corrected chi connectivity index (χ1v) is 21.3. The Kier molecular flexibility index (Phi) is 13.5. The van der Waals surface area contributed by atoms with Crippen molar-refractivity contribution in [1.82, 2.24) is 24.9 Å². The van der Waals surface area contributed by atoms with Crippen LogP contribution >= 0.6 is 11.6 Å². The number of morpholine rings is 2. The summed E-state index contributed by atoms with van der Waals surface area (Å²) in [6, 6.07) is 13.2. The van der Waals surface area contributed by atoms with E-state index in [1.165, 1.54) is 6.07 Å². The van der Waals surface area contributed by atoms with Gasteiger partial charge in [0.1, 0.15) is 23.3 Å². The van der Waals surface area contributed by atoms with Crippen molar-refractivity contribution in [2.45, 2.75) is 27.7 Å². The molecular weight excluding hydrogens is 852 g/mol. The predicted octanol–water partition coefficient (Wildman–Crippen LogP) is 10.0. The van der Waals surface area contributed by atoms with Gasteiger partial charge in [-0.2, -0.15) is 0 Å². The number of nitrogens with one attached hydrogen (secondary N) is 1. The van der Waals surface area contributed by atoms with Gasteiger partial charge in [0.05, 0.1) is 101 Å². The molecule has 9 rings (SSSR count). The Hall–Kier alpha value is -6.36. The van der Waals surface area contributed by atoms with Crippen LogP contribution in [0.2, 0.25) is 5.02 Å². The lowest BCUT2D eigenvalue weighted by molar-refractivity contribution is 0.122. The topological polar surface area (TPSA) is 120 Å². The van der Waals surface area contributed by atoms with Crippen molar-refractivity contribution in [3.05, 3.63) is 113 Å². The van der Waals surface area contributed by atoms with Gasteiger partial charge in [0.25, 0.3) is 0 Å². The van der Waals surface area contributed by atoms with Gasteiger partial charge in [-0.1, -0.05) is 11.6 Å².